The highest BCUT2D eigenvalue weighted by Gasteiger charge is 2.20. The van der Waals surface area contributed by atoms with Crippen molar-refractivity contribution in [2.75, 3.05) is 7.11 Å². The minimum absolute atomic E-state index is 0.165. The Morgan fingerprint density at radius 3 is 2.71 bits per heavy atom. The second-order valence-corrected chi connectivity index (χ2v) is 9.87. The summed E-state index contributed by atoms with van der Waals surface area (Å²) in [6.07, 6.45) is 0. The van der Waals surface area contributed by atoms with Crippen molar-refractivity contribution >= 4 is 50.0 Å². The van der Waals surface area contributed by atoms with Crippen LogP contribution in [0.1, 0.15) is 10.6 Å². The molecule has 34 heavy (non-hydrogen) atoms. The number of thioether (sulfide) groups is 1. The van der Waals surface area contributed by atoms with Crippen LogP contribution in [0.25, 0.3) is 32.6 Å². The molecule has 0 N–H and O–H groups in total. The number of thiazole rings is 1. The molecule has 7 nitrogen and oxygen atoms in total. The molecule has 9 heteroatoms. The molecule has 3 aromatic carbocycles. The van der Waals surface area contributed by atoms with E-state index in [0.29, 0.717) is 33.5 Å². The molecule has 0 spiro atoms. The SMILES string of the molecule is COc1ccc(C)cc1-n1c(=O)c2ccccc2n2c(SCc3nc4ccccc4s3)nnc12. The lowest BCUT2D eigenvalue weighted by Gasteiger charge is -2.14. The first-order valence-corrected chi connectivity index (χ1v) is 12.5. The number of fused-ring (bicyclic) bond motifs is 4. The molecule has 0 aliphatic rings. The van der Waals surface area contributed by atoms with E-state index >= 15 is 0 Å². The molecule has 0 atom stereocenters. The fourth-order valence-electron chi connectivity index (χ4n) is 4.07. The van der Waals surface area contributed by atoms with Crippen LogP contribution < -0.4 is 10.3 Å². The Labute approximate surface area is 202 Å². The number of aromatic nitrogens is 5. The maximum absolute atomic E-state index is 13.6. The van der Waals surface area contributed by atoms with Crippen molar-refractivity contribution in [3.63, 3.8) is 0 Å². The van der Waals surface area contributed by atoms with Crippen molar-refractivity contribution in [1.82, 2.24) is 24.1 Å². The number of ether oxygens (including phenoxy) is 1. The van der Waals surface area contributed by atoms with Crippen molar-refractivity contribution in [1.29, 1.82) is 0 Å². The van der Waals surface area contributed by atoms with E-state index in [4.69, 9.17) is 9.72 Å². The van der Waals surface area contributed by atoms with E-state index in [2.05, 4.69) is 16.3 Å². The van der Waals surface area contributed by atoms with Crippen LogP contribution in [0.3, 0.4) is 0 Å². The topological polar surface area (TPSA) is 74.3 Å². The summed E-state index contributed by atoms with van der Waals surface area (Å²) in [5.74, 6) is 1.69. The number of nitrogens with zero attached hydrogens (tertiary/aromatic N) is 5. The summed E-state index contributed by atoms with van der Waals surface area (Å²) in [6, 6.07) is 21.4. The average molecular weight is 486 g/mol. The third kappa shape index (κ3) is 3.36. The highest BCUT2D eigenvalue weighted by Crippen LogP contribution is 2.31. The normalized spacial score (nSPS) is 11.6. The Kier molecular flexibility index (Phi) is 5.08. The maximum atomic E-state index is 13.6. The first kappa shape index (κ1) is 20.9. The Hall–Kier alpha value is -3.69. The van der Waals surface area contributed by atoms with E-state index in [-0.39, 0.29) is 5.56 Å². The number of hydrogen-bond donors (Lipinski definition) is 0. The van der Waals surface area contributed by atoms with Crippen LogP contribution in [0.15, 0.2) is 76.7 Å². The summed E-state index contributed by atoms with van der Waals surface area (Å²) in [5, 5.41) is 11.2. The van der Waals surface area contributed by atoms with E-state index in [1.54, 1.807) is 34.8 Å². The summed E-state index contributed by atoms with van der Waals surface area (Å²) >= 11 is 3.23. The van der Waals surface area contributed by atoms with Gasteiger partial charge in [0.15, 0.2) is 5.16 Å². The summed E-state index contributed by atoms with van der Waals surface area (Å²) in [5.41, 5.74) is 3.25. The van der Waals surface area contributed by atoms with Gasteiger partial charge in [0.05, 0.1) is 39.7 Å². The Bertz CT molecular complexity index is 1720. The van der Waals surface area contributed by atoms with Gasteiger partial charge in [-0.3, -0.25) is 9.20 Å². The molecule has 0 aliphatic carbocycles. The van der Waals surface area contributed by atoms with E-state index < -0.39 is 0 Å². The molecule has 3 heterocycles. The van der Waals surface area contributed by atoms with Crippen LogP contribution in [-0.2, 0) is 5.75 Å². The van der Waals surface area contributed by atoms with E-state index in [1.807, 2.05) is 72.0 Å². The Morgan fingerprint density at radius 2 is 1.85 bits per heavy atom. The quantitative estimate of drug-likeness (QED) is 0.311. The molecule has 0 saturated heterocycles. The summed E-state index contributed by atoms with van der Waals surface area (Å²) in [7, 11) is 1.60. The van der Waals surface area contributed by atoms with Gasteiger partial charge < -0.3 is 4.74 Å². The molecule has 6 rings (SSSR count). The van der Waals surface area contributed by atoms with E-state index in [0.717, 1.165) is 26.3 Å². The van der Waals surface area contributed by atoms with Gasteiger partial charge in [0, 0.05) is 0 Å². The predicted molar refractivity (Wildman–Crippen MR) is 137 cm³/mol. The van der Waals surface area contributed by atoms with Gasteiger partial charge in [0.1, 0.15) is 10.8 Å². The third-order valence-electron chi connectivity index (χ3n) is 5.63. The number of para-hydroxylation sites is 2. The number of aryl methyl sites for hydroxylation is 1. The van der Waals surface area contributed by atoms with Crippen molar-refractivity contribution in [2.45, 2.75) is 17.8 Å². The second-order valence-electron chi connectivity index (χ2n) is 7.82. The maximum Gasteiger partial charge on any atom is 0.267 e. The standard InChI is InChI=1S/C25H19N5O2S2/c1-15-11-12-20(32-2)19(13-15)29-23(31)16-7-3-5-9-18(16)30-24(29)27-28-25(30)33-14-22-26-17-8-4-6-10-21(17)34-22/h3-13H,14H2,1-2H3. The van der Waals surface area contributed by atoms with Crippen LogP contribution in [-0.4, -0.2) is 31.3 Å². The van der Waals surface area contributed by atoms with E-state index in [1.165, 1.54) is 0 Å². The van der Waals surface area contributed by atoms with Crippen LogP contribution in [0, 0.1) is 6.92 Å². The highest BCUT2D eigenvalue weighted by molar-refractivity contribution is 7.98. The number of hydrogen-bond acceptors (Lipinski definition) is 7. The zero-order valence-corrected chi connectivity index (χ0v) is 20.1. The molecule has 0 unspecified atom stereocenters. The van der Waals surface area contributed by atoms with Gasteiger partial charge in [-0.1, -0.05) is 42.1 Å². The summed E-state index contributed by atoms with van der Waals surface area (Å²) in [4.78, 5) is 18.4. The number of methoxy groups -OCH3 is 1. The lowest BCUT2D eigenvalue weighted by Crippen LogP contribution is -2.22. The largest absolute Gasteiger partial charge is 0.495 e. The number of benzene rings is 3. The van der Waals surface area contributed by atoms with E-state index in [9.17, 15) is 4.79 Å². The molecule has 0 amide bonds. The van der Waals surface area contributed by atoms with Crippen LogP contribution in [0.2, 0.25) is 0 Å². The molecule has 168 valence electrons. The van der Waals surface area contributed by atoms with Crippen molar-refractivity contribution in [3.05, 3.63) is 87.7 Å². The first-order chi connectivity index (χ1) is 16.6. The third-order valence-corrected chi connectivity index (χ3v) is 7.79. The number of rotatable bonds is 5. The van der Waals surface area contributed by atoms with Gasteiger partial charge in [0.2, 0.25) is 5.78 Å². The average Bonchev–Trinajstić information content (AvgIpc) is 3.47. The molecular formula is C25H19N5O2S2. The van der Waals surface area contributed by atoms with Crippen LogP contribution in [0.4, 0.5) is 0 Å². The molecule has 0 fully saturated rings. The molecular weight excluding hydrogens is 466 g/mol. The Morgan fingerprint density at radius 1 is 1.03 bits per heavy atom. The van der Waals surface area contributed by atoms with Crippen LogP contribution >= 0.6 is 23.1 Å². The van der Waals surface area contributed by atoms with Gasteiger partial charge in [-0.2, -0.15) is 0 Å². The fraction of sp³-hybridized carbons (Fsp3) is 0.120. The molecule has 0 saturated carbocycles. The monoisotopic (exact) mass is 485 g/mol. The van der Waals surface area contributed by atoms with Gasteiger partial charge in [-0.25, -0.2) is 9.55 Å². The smallest absolute Gasteiger partial charge is 0.267 e. The first-order valence-electron chi connectivity index (χ1n) is 10.6. The minimum Gasteiger partial charge on any atom is -0.495 e. The molecule has 0 bridgehead atoms. The molecule has 0 aliphatic heterocycles. The van der Waals surface area contributed by atoms with Gasteiger partial charge in [0.25, 0.3) is 5.56 Å². The molecule has 6 aromatic rings. The lowest BCUT2D eigenvalue weighted by molar-refractivity contribution is 0.412. The van der Waals surface area contributed by atoms with Crippen molar-refractivity contribution in [3.8, 4) is 11.4 Å². The lowest BCUT2D eigenvalue weighted by atomic mass is 10.2. The highest BCUT2D eigenvalue weighted by atomic mass is 32.2. The van der Waals surface area contributed by atoms with Crippen molar-refractivity contribution < 1.29 is 4.74 Å². The molecule has 0 radical (unpaired) electrons. The summed E-state index contributed by atoms with van der Waals surface area (Å²) in [6.45, 7) is 1.98. The van der Waals surface area contributed by atoms with Gasteiger partial charge in [-0.05, 0) is 48.9 Å². The predicted octanol–water partition coefficient (Wildman–Crippen LogP) is 5.25. The van der Waals surface area contributed by atoms with Gasteiger partial charge in [-0.15, -0.1) is 21.5 Å². The minimum atomic E-state index is -0.165. The summed E-state index contributed by atoms with van der Waals surface area (Å²) < 4.78 is 10.3. The van der Waals surface area contributed by atoms with Gasteiger partial charge >= 0.3 is 0 Å². The van der Waals surface area contributed by atoms with Crippen LogP contribution in [0.5, 0.6) is 5.75 Å². The molecule has 3 aromatic heterocycles. The van der Waals surface area contributed by atoms with Crippen molar-refractivity contribution in [2.24, 2.45) is 0 Å². The zero-order valence-electron chi connectivity index (χ0n) is 18.4. The second kappa shape index (κ2) is 8.27. The fourth-order valence-corrected chi connectivity index (χ4v) is 5.97. The Balaban J connectivity index is 1.54. The zero-order chi connectivity index (χ0) is 23.2.